The van der Waals surface area contributed by atoms with Gasteiger partial charge in [-0.15, -0.1) is 0 Å². The van der Waals surface area contributed by atoms with E-state index >= 15 is 0 Å². The van der Waals surface area contributed by atoms with E-state index in [0.717, 1.165) is 49.2 Å². The summed E-state index contributed by atoms with van der Waals surface area (Å²) in [4.78, 5) is 18.7. The lowest BCUT2D eigenvalue weighted by molar-refractivity contribution is -0.202. The van der Waals surface area contributed by atoms with Crippen molar-refractivity contribution in [2.75, 3.05) is 26.3 Å². The van der Waals surface area contributed by atoms with Crippen LogP contribution in [0.3, 0.4) is 0 Å². The number of aromatic nitrogens is 1. The molecule has 6 nitrogen and oxygen atoms in total. The summed E-state index contributed by atoms with van der Waals surface area (Å²) in [5.74, 6) is 1.13. The number of benzene rings is 1. The highest BCUT2D eigenvalue weighted by atomic mass is 16.5. The van der Waals surface area contributed by atoms with Crippen molar-refractivity contribution in [3.63, 3.8) is 0 Å². The minimum absolute atomic E-state index is 0.167. The van der Waals surface area contributed by atoms with Crippen LogP contribution in [-0.4, -0.2) is 53.8 Å². The summed E-state index contributed by atoms with van der Waals surface area (Å²) in [6.45, 7) is 3.39. The first-order valence-electron chi connectivity index (χ1n) is 10.9. The van der Waals surface area contributed by atoms with Crippen molar-refractivity contribution >= 4 is 5.91 Å². The van der Waals surface area contributed by atoms with Crippen molar-refractivity contribution < 1.29 is 19.0 Å². The maximum Gasteiger partial charge on any atom is 0.227 e. The van der Waals surface area contributed by atoms with E-state index in [1.165, 1.54) is 5.56 Å². The van der Waals surface area contributed by atoms with Crippen molar-refractivity contribution in [2.24, 2.45) is 0 Å². The van der Waals surface area contributed by atoms with Gasteiger partial charge in [-0.3, -0.25) is 9.78 Å². The number of amides is 1. The Morgan fingerprint density at radius 3 is 2.90 bits per heavy atom. The number of nitrogens with zero attached hydrogens (tertiary/aromatic N) is 2. The lowest BCUT2D eigenvalue weighted by Gasteiger charge is -2.53. The molecule has 5 rings (SSSR count). The first-order valence-corrected chi connectivity index (χ1v) is 10.9. The van der Waals surface area contributed by atoms with E-state index in [2.05, 4.69) is 11.1 Å². The number of likely N-dealkylation sites (tertiary alicyclic amines) is 1. The second-order valence-electron chi connectivity index (χ2n) is 8.63. The van der Waals surface area contributed by atoms with Crippen molar-refractivity contribution in [2.45, 2.75) is 50.4 Å². The Bertz CT molecular complexity index is 895. The number of carbonyl (C=O) groups is 1. The molecule has 30 heavy (non-hydrogen) atoms. The molecule has 0 N–H and O–H groups in total. The van der Waals surface area contributed by atoms with Gasteiger partial charge in [-0.25, -0.2) is 0 Å². The van der Waals surface area contributed by atoms with Gasteiger partial charge in [0.05, 0.1) is 38.8 Å². The summed E-state index contributed by atoms with van der Waals surface area (Å²) >= 11 is 0. The van der Waals surface area contributed by atoms with E-state index in [4.69, 9.17) is 14.2 Å². The molecule has 2 saturated heterocycles. The molecule has 0 aliphatic carbocycles. The number of pyridine rings is 1. The SMILES string of the molecule is O=C(Cc1ccc2c(c1)CCCO2)N1CC2(C[C@@H](OCc3ccncc3)CCO2)C1. The minimum Gasteiger partial charge on any atom is -0.493 e. The molecule has 0 unspecified atom stereocenters. The second-order valence-corrected chi connectivity index (χ2v) is 8.63. The highest BCUT2D eigenvalue weighted by molar-refractivity contribution is 5.80. The summed E-state index contributed by atoms with van der Waals surface area (Å²) in [5.41, 5.74) is 3.18. The molecular formula is C24H28N2O4. The van der Waals surface area contributed by atoms with Gasteiger partial charge >= 0.3 is 0 Å². The Kier molecular flexibility index (Phi) is 5.44. The fraction of sp³-hybridized carbons (Fsp3) is 0.500. The number of aryl methyl sites for hydroxylation is 1. The Labute approximate surface area is 177 Å². The first kappa shape index (κ1) is 19.5. The van der Waals surface area contributed by atoms with Crippen molar-refractivity contribution in [3.05, 3.63) is 59.4 Å². The Balaban J connectivity index is 1.13. The van der Waals surface area contributed by atoms with E-state index in [1.807, 2.05) is 29.2 Å². The molecule has 0 bridgehead atoms. The van der Waals surface area contributed by atoms with Crippen LogP contribution in [0.1, 0.15) is 36.0 Å². The zero-order valence-corrected chi connectivity index (χ0v) is 17.2. The van der Waals surface area contributed by atoms with Crippen molar-refractivity contribution in [3.8, 4) is 5.75 Å². The average Bonchev–Trinajstić information content (AvgIpc) is 2.77. The van der Waals surface area contributed by atoms with Crippen molar-refractivity contribution in [1.29, 1.82) is 0 Å². The lowest BCUT2D eigenvalue weighted by Crippen LogP contribution is -2.67. The number of fused-ring (bicyclic) bond motifs is 1. The maximum atomic E-state index is 12.8. The second kappa shape index (κ2) is 8.36. The number of rotatable bonds is 5. The molecule has 4 heterocycles. The largest absolute Gasteiger partial charge is 0.493 e. The lowest BCUT2D eigenvalue weighted by atomic mass is 9.84. The predicted octanol–water partition coefficient (Wildman–Crippen LogP) is 2.93. The summed E-state index contributed by atoms with van der Waals surface area (Å²) in [5, 5.41) is 0. The number of carbonyl (C=O) groups excluding carboxylic acids is 1. The molecule has 1 aromatic carbocycles. The molecular weight excluding hydrogens is 380 g/mol. The van der Waals surface area contributed by atoms with Crippen LogP contribution in [0.15, 0.2) is 42.7 Å². The minimum atomic E-state index is -0.236. The third kappa shape index (κ3) is 4.20. The number of ether oxygens (including phenoxy) is 3. The van der Waals surface area contributed by atoms with Gasteiger partial charge in [0.15, 0.2) is 0 Å². The quantitative estimate of drug-likeness (QED) is 0.761. The van der Waals surface area contributed by atoms with Crippen LogP contribution < -0.4 is 4.74 Å². The standard InChI is InChI=1S/C24H28N2O4/c27-23(13-19-3-4-22-20(12-19)2-1-10-28-22)26-16-24(17-26)14-21(7-11-30-24)29-15-18-5-8-25-9-6-18/h3-6,8-9,12,21H,1-2,7,10-11,13-17H2/t21-/m0/s1. The fourth-order valence-corrected chi connectivity index (χ4v) is 4.67. The van der Waals surface area contributed by atoms with Crippen LogP contribution >= 0.6 is 0 Å². The Morgan fingerprint density at radius 2 is 2.03 bits per heavy atom. The van der Waals surface area contributed by atoms with E-state index in [1.54, 1.807) is 12.4 Å². The van der Waals surface area contributed by atoms with Crippen LogP contribution in [0.5, 0.6) is 5.75 Å². The van der Waals surface area contributed by atoms with Gasteiger partial charge in [0.25, 0.3) is 0 Å². The van der Waals surface area contributed by atoms with Gasteiger partial charge in [-0.05, 0) is 54.2 Å². The average molecular weight is 408 g/mol. The zero-order valence-electron chi connectivity index (χ0n) is 17.2. The predicted molar refractivity (Wildman–Crippen MR) is 111 cm³/mol. The van der Waals surface area contributed by atoms with E-state index < -0.39 is 0 Å². The smallest absolute Gasteiger partial charge is 0.227 e. The molecule has 3 aliphatic heterocycles. The molecule has 0 radical (unpaired) electrons. The molecule has 1 amide bonds. The van der Waals surface area contributed by atoms with E-state index in [-0.39, 0.29) is 17.6 Å². The monoisotopic (exact) mass is 408 g/mol. The summed E-state index contributed by atoms with van der Waals surface area (Å²) in [6, 6.07) is 10.1. The van der Waals surface area contributed by atoms with E-state index in [0.29, 0.717) is 32.7 Å². The first-order chi connectivity index (χ1) is 14.7. The Hall–Kier alpha value is -2.44. The summed E-state index contributed by atoms with van der Waals surface area (Å²) < 4.78 is 17.9. The third-order valence-electron chi connectivity index (χ3n) is 6.32. The van der Waals surface area contributed by atoms with Gasteiger partial charge in [0, 0.05) is 25.4 Å². The molecule has 158 valence electrons. The van der Waals surface area contributed by atoms with Crippen LogP contribution in [-0.2, 0) is 33.7 Å². The van der Waals surface area contributed by atoms with Gasteiger partial charge in [0.2, 0.25) is 5.91 Å². The topological polar surface area (TPSA) is 60.9 Å². The van der Waals surface area contributed by atoms with Gasteiger partial charge in [-0.1, -0.05) is 12.1 Å². The summed E-state index contributed by atoms with van der Waals surface area (Å²) in [6.07, 6.45) is 8.00. The molecule has 6 heteroatoms. The van der Waals surface area contributed by atoms with Crippen LogP contribution in [0.25, 0.3) is 0 Å². The van der Waals surface area contributed by atoms with Crippen LogP contribution in [0, 0.1) is 0 Å². The fourth-order valence-electron chi connectivity index (χ4n) is 4.67. The van der Waals surface area contributed by atoms with Gasteiger partial charge in [0.1, 0.15) is 11.4 Å². The van der Waals surface area contributed by atoms with Gasteiger partial charge < -0.3 is 19.1 Å². The molecule has 3 aliphatic rings. The number of hydrogen-bond acceptors (Lipinski definition) is 5. The maximum absolute atomic E-state index is 12.8. The normalized spacial score (nSPS) is 22.1. The zero-order chi connectivity index (χ0) is 20.4. The molecule has 1 aromatic heterocycles. The highest BCUT2D eigenvalue weighted by Crippen LogP contribution is 2.36. The third-order valence-corrected chi connectivity index (χ3v) is 6.32. The molecule has 1 atom stereocenters. The van der Waals surface area contributed by atoms with Crippen molar-refractivity contribution in [1.82, 2.24) is 9.88 Å². The van der Waals surface area contributed by atoms with E-state index in [9.17, 15) is 4.79 Å². The molecule has 0 saturated carbocycles. The summed E-state index contributed by atoms with van der Waals surface area (Å²) in [7, 11) is 0. The highest BCUT2D eigenvalue weighted by Gasteiger charge is 2.49. The number of hydrogen-bond donors (Lipinski definition) is 0. The Morgan fingerprint density at radius 1 is 1.17 bits per heavy atom. The molecule has 2 aromatic rings. The molecule has 1 spiro atoms. The van der Waals surface area contributed by atoms with Crippen LogP contribution in [0.4, 0.5) is 0 Å². The van der Waals surface area contributed by atoms with Gasteiger partial charge in [-0.2, -0.15) is 0 Å². The molecule has 2 fully saturated rings. The van der Waals surface area contributed by atoms with Crippen LogP contribution in [0.2, 0.25) is 0 Å².